The van der Waals surface area contributed by atoms with Crippen molar-refractivity contribution in [2.45, 2.75) is 26.2 Å². The minimum atomic E-state index is -0.481. The highest BCUT2D eigenvalue weighted by molar-refractivity contribution is 7.80. The van der Waals surface area contributed by atoms with E-state index in [2.05, 4.69) is 41.6 Å². The molecule has 7 nitrogen and oxygen atoms in total. The molecule has 4 aromatic rings. The molecule has 0 saturated heterocycles. The molecule has 1 heterocycles. The van der Waals surface area contributed by atoms with Gasteiger partial charge >= 0.3 is 0 Å². The summed E-state index contributed by atoms with van der Waals surface area (Å²) in [5.74, 6) is 1.14. The van der Waals surface area contributed by atoms with Crippen molar-refractivity contribution >= 4 is 51.6 Å². The zero-order valence-electron chi connectivity index (χ0n) is 20.3. The second-order valence-electron chi connectivity index (χ2n) is 8.20. The number of nitrogens with one attached hydrogen (secondary N) is 2. The number of oxazole rings is 1. The van der Waals surface area contributed by atoms with Crippen molar-refractivity contribution in [1.82, 2.24) is 10.3 Å². The van der Waals surface area contributed by atoms with Crippen LogP contribution in [0.3, 0.4) is 0 Å². The van der Waals surface area contributed by atoms with E-state index in [-0.39, 0.29) is 10.7 Å². The summed E-state index contributed by atoms with van der Waals surface area (Å²) in [4.78, 5) is 17.6. The Morgan fingerprint density at radius 3 is 2.50 bits per heavy atom. The number of benzene rings is 3. The first kappa shape index (κ1) is 25.5. The number of halogens is 1. The quantitative estimate of drug-likeness (QED) is 0.257. The molecule has 186 valence electrons. The first-order valence-corrected chi connectivity index (χ1v) is 12.2. The van der Waals surface area contributed by atoms with Crippen molar-refractivity contribution in [2.24, 2.45) is 0 Å². The highest BCUT2D eigenvalue weighted by Crippen LogP contribution is 2.32. The molecule has 0 spiro atoms. The third-order valence-electron chi connectivity index (χ3n) is 5.94. The monoisotopic (exact) mass is 523 g/mol. The Morgan fingerprint density at radius 1 is 1.11 bits per heavy atom. The molecule has 0 saturated carbocycles. The van der Waals surface area contributed by atoms with Crippen molar-refractivity contribution in [3.8, 4) is 23.0 Å². The van der Waals surface area contributed by atoms with Gasteiger partial charge in [0.15, 0.2) is 10.7 Å². The zero-order valence-corrected chi connectivity index (χ0v) is 21.9. The number of ether oxygens (including phenoxy) is 2. The summed E-state index contributed by atoms with van der Waals surface area (Å²) < 4.78 is 16.6. The molecule has 3 aromatic carbocycles. The Hall–Kier alpha value is -3.62. The van der Waals surface area contributed by atoms with Crippen molar-refractivity contribution < 1.29 is 18.7 Å². The van der Waals surface area contributed by atoms with Gasteiger partial charge in [-0.2, -0.15) is 0 Å². The van der Waals surface area contributed by atoms with Crippen LogP contribution in [0.2, 0.25) is 5.02 Å². The van der Waals surface area contributed by atoms with Crippen molar-refractivity contribution in [3.63, 3.8) is 0 Å². The fourth-order valence-corrected chi connectivity index (χ4v) is 4.13. The number of fused-ring (bicyclic) bond motifs is 1. The van der Waals surface area contributed by atoms with Crippen molar-refractivity contribution in [1.29, 1.82) is 0 Å². The summed E-state index contributed by atoms with van der Waals surface area (Å²) in [7, 11) is 2.95. The smallest absolute Gasteiger partial charge is 0.264 e. The van der Waals surface area contributed by atoms with E-state index in [1.165, 1.54) is 19.8 Å². The summed E-state index contributed by atoms with van der Waals surface area (Å²) in [6.07, 6.45) is 1.04. The van der Waals surface area contributed by atoms with Crippen LogP contribution in [0.25, 0.3) is 22.6 Å². The molecule has 0 bridgehead atoms. The Labute approximate surface area is 219 Å². The van der Waals surface area contributed by atoms with E-state index >= 15 is 0 Å². The SMILES string of the molecule is CC[C@H](C)c1ccc2oc(-c3ccc(Cl)c(NC(=S)NC(=O)c4c(OC)cccc4OC)c3)nc2c1. The Balaban J connectivity index is 1.55. The van der Waals surface area contributed by atoms with Crippen LogP contribution in [0.4, 0.5) is 5.69 Å². The molecule has 4 rings (SSSR count). The molecule has 1 atom stereocenters. The first-order valence-electron chi connectivity index (χ1n) is 11.4. The van der Waals surface area contributed by atoms with Gasteiger partial charge in [-0.25, -0.2) is 4.98 Å². The summed E-state index contributed by atoms with van der Waals surface area (Å²) in [6.45, 7) is 4.34. The molecule has 0 fully saturated rings. The predicted molar refractivity (Wildman–Crippen MR) is 146 cm³/mol. The second-order valence-corrected chi connectivity index (χ2v) is 9.01. The topological polar surface area (TPSA) is 85.6 Å². The van der Waals surface area contributed by atoms with Crippen LogP contribution in [-0.2, 0) is 0 Å². The van der Waals surface area contributed by atoms with E-state index in [9.17, 15) is 4.79 Å². The molecule has 1 amide bonds. The number of rotatable bonds is 7. The van der Waals surface area contributed by atoms with Gasteiger partial charge in [0.2, 0.25) is 5.89 Å². The fraction of sp³-hybridized carbons (Fsp3) is 0.222. The van der Waals surface area contributed by atoms with Gasteiger partial charge in [0.25, 0.3) is 5.91 Å². The number of hydrogen-bond donors (Lipinski definition) is 2. The van der Waals surface area contributed by atoms with Crippen molar-refractivity contribution in [2.75, 3.05) is 19.5 Å². The third kappa shape index (κ3) is 5.29. The third-order valence-corrected chi connectivity index (χ3v) is 6.47. The number of anilines is 1. The minimum absolute atomic E-state index is 0.0581. The summed E-state index contributed by atoms with van der Waals surface area (Å²) >= 11 is 11.8. The lowest BCUT2D eigenvalue weighted by atomic mass is 9.98. The van der Waals surface area contributed by atoms with Gasteiger partial charge in [0.05, 0.1) is 24.9 Å². The second kappa shape index (κ2) is 11.0. The van der Waals surface area contributed by atoms with E-state index in [1.54, 1.807) is 30.3 Å². The average Bonchev–Trinajstić information content (AvgIpc) is 3.32. The number of amides is 1. The van der Waals surface area contributed by atoms with Gasteiger partial charge in [-0.3, -0.25) is 10.1 Å². The largest absolute Gasteiger partial charge is 0.496 e. The standard InChI is InChI=1S/C27H26ClN3O4S/c1-5-15(2)16-10-12-21-20(13-16)29-26(35-21)17-9-11-18(28)19(14-17)30-27(36)31-25(32)24-22(33-3)7-6-8-23(24)34-4/h6-15H,5H2,1-4H3,(H2,30,31,32,36)/t15-/m0/s1. The first-order chi connectivity index (χ1) is 17.3. The summed E-state index contributed by atoms with van der Waals surface area (Å²) in [5, 5.41) is 6.10. The van der Waals surface area contributed by atoms with E-state index in [4.69, 9.17) is 37.7 Å². The molecule has 2 N–H and O–H groups in total. The molecule has 0 unspecified atom stereocenters. The number of hydrogen-bond acceptors (Lipinski definition) is 6. The van der Waals surface area contributed by atoms with Crippen LogP contribution in [-0.4, -0.2) is 30.2 Å². The average molecular weight is 524 g/mol. The number of methoxy groups -OCH3 is 2. The molecule has 36 heavy (non-hydrogen) atoms. The minimum Gasteiger partial charge on any atom is -0.496 e. The summed E-state index contributed by atoms with van der Waals surface area (Å²) in [6, 6.07) is 16.4. The lowest BCUT2D eigenvalue weighted by molar-refractivity contribution is 0.0971. The van der Waals surface area contributed by atoms with Crippen LogP contribution in [0, 0.1) is 0 Å². The van der Waals surface area contributed by atoms with E-state index in [0.717, 1.165) is 11.9 Å². The maximum atomic E-state index is 12.9. The highest BCUT2D eigenvalue weighted by atomic mass is 35.5. The molecular formula is C27H26ClN3O4S. The molecule has 0 radical (unpaired) electrons. The lowest BCUT2D eigenvalue weighted by Gasteiger charge is -2.15. The molecule has 0 aliphatic rings. The number of nitrogens with zero attached hydrogens (tertiary/aromatic N) is 1. The van der Waals surface area contributed by atoms with Gasteiger partial charge in [-0.1, -0.05) is 37.6 Å². The zero-order chi connectivity index (χ0) is 25.8. The number of aromatic nitrogens is 1. The molecule has 9 heteroatoms. The summed E-state index contributed by atoms with van der Waals surface area (Å²) in [5.41, 5.74) is 4.15. The van der Waals surface area contributed by atoms with Gasteiger partial charge < -0.3 is 19.2 Å². The number of carbonyl (C=O) groups excluding carboxylic acids is 1. The van der Waals surface area contributed by atoms with E-state index < -0.39 is 5.91 Å². The molecular weight excluding hydrogens is 498 g/mol. The van der Waals surface area contributed by atoms with Crippen molar-refractivity contribution in [3.05, 3.63) is 70.7 Å². The Bertz CT molecular complexity index is 1410. The van der Waals surface area contributed by atoms with Crippen LogP contribution < -0.4 is 20.1 Å². The molecule has 1 aromatic heterocycles. The van der Waals surface area contributed by atoms with Crippen LogP contribution in [0.15, 0.2) is 59.0 Å². The van der Waals surface area contributed by atoms with Gasteiger partial charge in [0.1, 0.15) is 22.6 Å². The van der Waals surface area contributed by atoms with Gasteiger partial charge in [0, 0.05) is 5.56 Å². The molecule has 0 aliphatic heterocycles. The van der Waals surface area contributed by atoms with Gasteiger partial charge in [-0.05, 0) is 72.6 Å². The Morgan fingerprint density at radius 2 is 1.83 bits per heavy atom. The van der Waals surface area contributed by atoms with Crippen LogP contribution in [0.5, 0.6) is 11.5 Å². The van der Waals surface area contributed by atoms with E-state index in [1.807, 2.05) is 12.1 Å². The normalized spacial score (nSPS) is 11.7. The molecule has 0 aliphatic carbocycles. The number of carbonyl (C=O) groups is 1. The highest BCUT2D eigenvalue weighted by Gasteiger charge is 2.20. The fourth-order valence-electron chi connectivity index (χ4n) is 3.76. The Kier molecular flexibility index (Phi) is 7.76. The predicted octanol–water partition coefficient (Wildman–Crippen LogP) is 6.81. The maximum absolute atomic E-state index is 12.9. The van der Waals surface area contributed by atoms with E-state index in [0.29, 0.717) is 45.2 Å². The number of thiocarbonyl (C=S) groups is 1. The van der Waals surface area contributed by atoms with Gasteiger partial charge in [-0.15, -0.1) is 0 Å². The maximum Gasteiger partial charge on any atom is 0.264 e. The van der Waals surface area contributed by atoms with Crippen LogP contribution in [0.1, 0.15) is 42.1 Å². The van der Waals surface area contributed by atoms with Crippen LogP contribution >= 0.6 is 23.8 Å². The lowest BCUT2D eigenvalue weighted by Crippen LogP contribution is -2.34.